The van der Waals surface area contributed by atoms with Crippen molar-refractivity contribution in [2.45, 2.75) is 43.9 Å². The number of hydrogen-bond acceptors (Lipinski definition) is 3. The Morgan fingerprint density at radius 3 is 2.27 bits per heavy atom. The van der Waals surface area contributed by atoms with Gasteiger partial charge >= 0.3 is 0 Å². The Hall–Kier alpha value is -1.77. The molecule has 0 amide bonds. The van der Waals surface area contributed by atoms with Gasteiger partial charge in [0, 0.05) is 11.5 Å². The van der Waals surface area contributed by atoms with Gasteiger partial charge in [-0.3, -0.25) is 4.79 Å². The van der Waals surface area contributed by atoms with E-state index in [1.165, 1.54) is 44.6 Å². The van der Waals surface area contributed by atoms with Crippen LogP contribution in [0.15, 0.2) is 33.5 Å². The number of phenols is 1. The van der Waals surface area contributed by atoms with Crippen LogP contribution in [0.5, 0.6) is 5.75 Å². The molecule has 1 aromatic carbocycles. The molecule has 0 spiro atoms. The summed E-state index contributed by atoms with van der Waals surface area (Å²) in [5.74, 6) is 3.49. The highest BCUT2D eigenvalue weighted by Crippen LogP contribution is 2.60. The quantitative estimate of drug-likeness (QED) is 0.866. The van der Waals surface area contributed by atoms with Crippen molar-refractivity contribution in [1.82, 2.24) is 0 Å². The molecule has 4 saturated carbocycles. The van der Waals surface area contributed by atoms with Gasteiger partial charge in [0.2, 0.25) is 0 Å². The molecule has 0 aliphatic heterocycles. The summed E-state index contributed by atoms with van der Waals surface area (Å²) in [4.78, 5) is 12.5. The van der Waals surface area contributed by atoms with E-state index in [0.29, 0.717) is 11.0 Å². The third-order valence-electron chi connectivity index (χ3n) is 6.27. The molecule has 0 radical (unpaired) electrons. The molecule has 4 fully saturated rings. The fraction of sp³-hybridized carbons (Fsp3) is 0.526. The van der Waals surface area contributed by atoms with Crippen LogP contribution in [0.25, 0.3) is 11.0 Å². The highest BCUT2D eigenvalue weighted by Gasteiger charge is 2.53. The first-order chi connectivity index (χ1) is 10.6. The van der Waals surface area contributed by atoms with Gasteiger partial charge in [-0.2, -0.15) is 0 Å². The van der Waals surface area contributed by atoms with Gasteiger partial charge in [-0.1, -0.05) is 0 Å². The van der Waals surface area contributed by atoms with E-state index in [9.17, 15) is 9.90 Å². The molecule has 4 aliphatic rings. The topological polar surface area (TPSA) is 50.4 Å². The Balaban J connectivity index is 1.68. The predicted octanol–water partition coefficient (Wildman–Crippen LogP) is 3.97. The van der Waals surface area contributed by atoms with Gasteiger partial charge in [0.15, 0.2) is 5.43 Å². The minimum atomic E-state index is -0.0251. The van der Waals surface area contributed by atoms with Gasteiger partial charge in [0.05, 0.1) is 5.39 Å². The van der Waals surface area contributed by atoms with Gasteiger partial charge in [-0.15, -0.1) is 0 Å². The van der Waals surface area contributed by atoms with Crippen molar-refractivity contribution in [2.75, 3.05) is 0 Å². The van der Waals surface area contributed by atoms with Crippen molar-refractivity contribution in [2.24, 2.45) is 17.8 Å². The van der Waals surface area contributed by atoms with Gasteiger partial charge in [-0.05, 0) is 74.5 Å². The van der Waals surface area contributed by atoms with Crippen LogP contribution in [0, 0.1) is 17.8 Å². The number of benzene rings is 1. The van der Waals surface area contributed by atoms with E-state index in [0.717, 1.165) is 23.5 Å². The summed E-state index contributed by atoms with van der Waals surface area (Å²) in [7, 11) is 0. The maximum atomic E-state index is 12.5. The molecule has 4 aliphatic carbocycles. The van der Waals surface area contributed by atoms with Crippen LogP contribution >= 0.6 is 0 Å². The second kappa shape index (κ2) is 4.15. The molecule has 2 aromatic rings. The van der Waals surface area contributed by atoms with Gasteiger partial charge in [0.1, 0.15) is 17.1 Å². The summed E-state index contributed by atoms with van der Waals surface area (Å²) >= 11 is 0. The maximum absolute atomic E-state index is 12.5. The molecule has 3 nitrogen and oxygen atoms in total. The zero-order valence-electron chi connectivity index (χ0n) is 12.5. The largest absolute Gasteiger partial charge is 0.508 e. The highest BCUT2D eigenvalue weighted by molar-refractivity contribution is 5.78. The zero-order chi connectivity index (χ0) is 14.9. The lowest BCUT2D eigenvalue weighted by Crippen LogP contribution is -2.48. The molecular weight excluding hydrogens is 276 g/mol. The van der Waals surface area contributed by atoms with Crippen LogP contribution in [0.2, 0.25) is 0 Å². The second-order valence-corrected chi connectivity index (χ2v) is 7.85. The van der Waals surface area contributed by atoms with Crippen LogP contribution < -0.4 is 5.43 Å². The molecule has 1 aromatic heterocycles. The van der Waals surface area contributed by atoms with E-state index in [-0.39, 0.29) is 16.6 Å². The molecular formula is C19H20O3. The van der Waals surface area contributed by atoms with E-state index in [1.54, 1.807) is 18.2 Å². The normalized spacial score (nSPS) is 36.1. The summed E-state index contributed by atoms with van der Waals surface area (Å²) in [6, 6.07) is 6.52. The van der Waals surface area contributed by atoms with Crippen LogP contribution in [-0.2, 0) is 5.41 Å². The van der Waals surface area contributed by atoms with Crippen molar-refractivity contribution >= 4 is 11.0 Å². The number of fused-ring (bicyclic) bond motifs is 1. The Morgan fingerprint density at radius 1 is 1.00 bits per heavy atom. The molecule has 3 heteroatoms. The number of phenolic OH excluding ortho intramolecular Hbond substituents is 1. The van der Waals surface area contributed by atoms with Crippen LogP contribution in [0.1, 0.15) is 44.3 Å². The third-order valence-corrected chi connectivity index (χ3v) is 6.27. The molecule has 4 bridgehead atoms. The monoisotopic (exact) mass is 296 g/mol. The Bertz CT molecular complexity index is 782. The molecule has 0 saturated heterocycles. The molecule has 0 unspecified atom stereocenters. The maximum Gasteiger partial charge on any atom is 0.193 e. The smallest absolute Gasteiger partial charge is 0.193 e. The van der Waals surface area contributed by atoms with E-state index < -0.39 is 0 Å². The highest BCUT2D eigenvalue weighted by atomic mass is 16.3. The number of rotatable bonds is 1. The Labute approximate surface area is 129 Å². The SMILES string of the molecule is O=c1cc(C23CC4CC(CC(C4)C2)C3)oc2ccc(O)cc12. The van der Waals surface area contributed by atoms with Crippen molar-refractivity contribution in [1.29, 1.82) is 0 Å². The number of aromatic hydroxyl groups is 1. The van der Waals surface area contributed by atoms with Gasteiger partial charge < -0.3 is 9.52 Å². The van der Waals surface area contributed by atoms with E-state index in [1.807, 2.05) is 0 Å². The number of hydrogen-bond donors (Lipinski definition) is 1. The lowest BCUT2D eigenvalue weighted by atomic mass is 9.49. The summed E-state index contributed by atoms with van der Waals surface area (Å²) in [5, 5.41) is 10.1. The van der Waals surface area contributed by atoms with Crippen LogP contribution in [-0.4, -0.2) is 5.11 Å². The fourth-order valence-electron chi connectivity index (χ4n) is 5.82. The van der Waals surface area contributed by atoms with Crippen molar-refractivity contribution in [3.63, 3.8) is 0 Å². The fourth-order valence-corrected chi connectivity index (χ4v) is 5.82. The first kappa shape index (κ1) is 12.7. The summed E-state index contributed by atoms with van der Waals surface area (Å²) in [5.41, 5.74) is 0.680. The second-order valence-electron chi connectivity index (χ2n) is 7.85. The minimum Gasteiger partial charge on any atom is -0.508 e. The van der Waals surface area contributed by atoms with E-state index in [2.05, 4.69) is 0 Å². The molecule has 0 atom stereocenters. The lowest BCUT2D eigenvalue weighted by Gasteiger charge is -2.56. The molecule has 114 valence electrons. The molecule has 22 heavy (non-hydrogen) atoms. The summed E-state index contributed by atoms with van der Waals surface area (Å²) < 4.78 is 6.17. The predicted molar refractivity (Wildman–Crippen MR) is 84.0 cm³/mol. The Kier molecular flexibility index (Phi) is 2.41. The summed E-state index contributed by atoms with van der Waals surface area (Å²) in [6.07, 6.45) is 7.70. The van der Waals surface area contributed by atoms with E-state index in [4.69, 9.17) is 4.42 Å². The van der Waals surface area contributed by atoms with Gasteiger partial charge in [0.25, 0.3) is 0 Å². The lowest BCUT2D eigenvalue weighted by molar-refractivity contribution is -0.0150. The first-order valence-corrected chi connectivity index (χ1v) is 8.39. The first-order valence-electron chi connectivity index (χ1n) is 8.39. The Morgan fingerprint density at radius 2 is 1.64 bits per heavy atom. The minimum absolute atomic E-state index is 0.0251. The van der Waals surface area contributed by atoms with Crippen molar-refractivity contribution < 1.29 is 9.52 Å². The zero-order valence-corrected chi connectivity index (χ0v) is 12.5. The average Bonchev–Trinajstić information content (AvgIpc) is 2.46. The molecule has 6 rings (SSSR count). The summed E-state index contributed by atoms with van der Waals surface area (Å²) in [6.45, 7) is 0. The standard InChI is InChI=1S/C19H20O3/c20-14-1-2-17-15(6-14)16(21)7-18(22-17)19-8-11-3-12(9-19)5-13(4-11)10-19/h1-2,6-7,11-13,20H,3-5,8-10H2. The van der Waals surface area contributed by atoms with E-state index >= 15 is 0 Å². The molecule has 1 N–H and O–H groups in total. The average molecular weight is 296 g/mol. The van der Waals surface area contributed by atoms with Crippen LogP contribution in [0.3, 0.4) is 0 Å². The van der Waals surface area contributed by atoms with Crippen LogP contribution in [0.4, 0.5) is 0 Å². The van der Waals surface area contributed by atoms with Crippen molar-refractivity contribution in [3.8, 4) is 5.75 Å². The third kappa shape index (κ3) is 1.71. The van der Waals surface area contributed by atoms with Crippen molar-refractivity contribution in [3.05, 3.63) is 40.2 Å². The van der Waals surface area contributed by atoms with Gasteiger partial charge in [-0.25, -0.2) is 0 Å². The molecule has 1 heterocycles.